The number of carbonyl (C=O) groups excluding carboxylic acids is 3. The number of aliphatic hydroxyl groups excluding tert-OH is 1. The Kier molecular flexibility index (Phi) is 16.0. The van der Waals surface area contributed by atoms with Gasteiger partial charge in [-0.2, -0.15) is 0 Å². The van der Waals surface area contributed by atoms with Crippen molar-refractivity contribution < 1.29 is 61.2 Å². The minimum Gasteiger partial charge on any atom is -0.391 e. The molecule has 0 aromatic carbocycles. The molecule has 5 rings (SSSR count). The van der Waals surface area contributed by atoms with Crippen LogP contribution in [0.3, 0.4) is 0 Å². The standard InChI is InChI=1S/C36H63N3O13P2/c1-4-34(41)37-19-30(40)16-27(37)23-49-53(44,45)52-33-18-29(39(21-33)36(43)6-3)24-50-54(46,47)51-32-17-28(38(20-32)35(42)5-2)22-48-31-13-9-12-26(14-15-31)25-10-7-8-11-25/h25-33,40H,4-24H2,1-3H3,(H,44,45)(H,46,47)/t26?,27-,28-,29-,30+,31?,32+,33+/m0/s1. The van der Waals surface area contributed by atoms with Crippen molar-refractivity contribution in [3.8, 4) is 0 Å². The molecule has 3 heterocycles. The van der Waals surface area contributed by atoms with Gasteiger partial charge in [0.2, 0.25) is 17.7 Å². The van der Waals surface area contributed by atoms with Gasteiger partial charge in [0.1, 0.15) is 0 Å². The molecule has 5 aliphatic rings. The first-order chi connectivity index (χ1) is 25.7. The second-order valence-corrected chi connectivity index (χ2v) is 18.6. The third kappa shape index (κ3) is 12.0. The van der Waals surface area contributed by atoms with E-state index in [1.807, 2.05) is 0 Å². The van der Waals surface area contributed by atoms with E-state index in [9.17, 15) is 38.4 Å². The lowest BCUT2D eigenvalue weighted by molar-refractivity contribution is -0.134. The molecule has 0 spiro atoms. The molecule has 3 saturated heterocycles. The molecule has 3 amide bonds. The quantitative estimate of drug-likeness (QED) is 0.137. The second kappa shape index (κ2) is 19.8. The van der Waals surface area contributed by atoms with E-state index >= 15 is 0 Å². The van der Waals surface area contributed by atoms with Gasteiger partial charge in [-0.3, -0.25) is 32.5 Å². The van der Waals surface area contributed by atoms with Crippen LogP contribution in [-0.2, 0) is 46.3 Å². The Hall–Kier alpha value is -1.45. The van der Waals surface area contributed by atoms with Crippen LogP contribution in [0.2, 0.25) is 0 Å². The van der Waals surface area contributed by atoms with Gasteiger partial charge < -0.3 is 34.3 Å². The molecule has 310 valence electrons. The maximum atomic E-state index is 13.2. The number of hydrogen-bond acceptors (Lipinski definition) is 11. The SMILES string of the molecule is CCC(=O)N1C[C@H](O)C[C@H]1COP(=O)(O)O[C@@H]1C[C@@H](COP(=O)(O)O[C@@H]2C[C@@H](COC3CCCC(C4CCCC4)CC3)N(C(=O)CC)C2)N(C(=O)CC)C1. The molecule has 0 aromatic rings. The highest BCUT2D eigenvalue weighted by Gasteiger charge is 2.44. The van der Waals surface area contributed by atoms with Crippen LogP contribution in [0.15, 0.2) is 0 Å². The Bertz CT molecular complexity index is 1370. The van der Waals surface area contributed by atoms with Crippen molar-refractivity contribution in [3.05, 3.63) is 0 Å². The summed E-state index contributed by atoms with van der Waals surface area (Å²) in [6.45, 7) is 4.88. The number of rotatable bonds is 17. The van der Waals surface area contributed by atoms with Crippen molar-refractivity contribution in [2.24, 2.45) is 11.8 Å². The maximum absolute atomic E-state index is 13.2. The summed E-state index contributed by atoms with van der Waals surface area (Å²) in [6, 6.07) is -1.65. The zero-order valence-electron chi connectivity index (χ0n) is 32.2. The van der Waals surface area contributed by atoms with Crippen LogP contribution in [0.1, 0.15) is 117 Å². The van der Waals surface area contributed by atoms with Crippen LogP contribution in [0.4, 0.5) is 0 Å². The first-order valence-corrected chi connectivity index (χ1v) is 23.2. The summed E-state index contributed by atoms with van der Waals surface area (Å²) in [6.07, 6.45) is 9.72. The average Bonchev–Trinajstić information content (AvgIpc) is 3.94. The van der Waals surface area contributed by atoms with Gasteiger partial charge in [0.05, 0.1) is 62.4 Å². The lowest BCUT2D eigenvalue weighted by Crippen LogP contribution is -2.39. The summed E-state index contributed by atoms with van der Waals surface area (Å²) in [5.74, 6) is 1.02. The Morgan fingerprint density at radius 2 is 1.02 bits per heavy atom. The van der Waals surface area contributed by atoms with Gasteiger partial charge in [0, 0.05) is 38.9 Å². The molecule has 16 nitrogen and oxygen atoms in total. The normalized spacial score (nSPS) is 33.2. The van der Waals surface area contributed by atoms with Crippen molar-refractivity contribution in [1.29, 1.82) is 0 Å². The number of likely N-dealkylation sites (tertiary alicyclic amines) is 3. The van der Waals surface area contributed by atoms with Crippen LogP contribution in [0.25, 0.3) is 0 Å². The molecule has 10 atom stereocenters. The highest BCUT2D eigenvalue weighted by atomic mass is 31.2. The van der Waals surface area contributed by atoms with Crippen LogP contribution < -0.4 is 0 Å². The highest BCUT2D eigenvalue weighted by Crippen LogP contribution is 2.49. The van der Waals surface area contributed by atoms with Gasteiger partial charge in [-0.25, -0.2) is 9.13 Å². The van der Waals surface area contributed by atoms with Crippen LogP contribution in [0.5, 0.6) is 0 Å². The average molecular weight is 808 g/mol. The fourth-order valence-electron chi connectivity index (χ4n) is 9.20. The van der Waals surface area contributed by atoms with Crippen LogP contribution >= 0.6 is 15.6 Å². The van der Waals surface area contributed by atoms with Gasteiger partial charge in [0.25, 0.3) is 0 Å². The third-order valence-corrected chi connectivity index (χ3v) is 14.1. The van der Waals surface area contributed by atoms with Gasteiger partial charge in [-0.15, -0.1) is 0 Å². The monoisotopic (exact) mass is 807 g/mol. The minimum absolute atomic E-state index is 0.0203. The van der Waals surface area contributed by atoms with Gasteiger partial charge in [0.15, 0.2) is 0 Å². The molecule has 2 saturated carbocycles. The van der Waals surface area contributed by atoms with Crippen LogP contribution in [0, 0.1) is 11.8 Å². The molecule has 0 radical (unpaired) electrons. The second-order valence-electron chi connectivity index (χ2n) is 15.8. The van der Waals surface area contributed by atoms with Crippen molar-refractivity contribution in [2.75, 3.05) is 39.5 Å². The van der Waals surface area contributed by atoms with E-state index in [0.29, 0.717) is 13.0 Å². The van der Waals surface area contributed by atoms with Gasteiger partial charge >= 0.3 is 15.6 Å². The first kappa shape index (κ1) is 43.7. The van der Waals surface area contributed by atoms with E-state index in [-0.39, 0.29) is 88.2 Å². The Morgan fingerprint density at radius 1 is 0.574 bits per heavy atom. The molecule has 3 aliphatic heterocycles. The fraction of sp³-hybridized carbons (Fsp3) is 0.917. The van der Waals surface area contributed by atoms with Gasteiger partial charge in [-0.1, -0.05) is 59.3 Å². The predicted octanol–water partition coefficient (Wildman–Crippen LogP) is 4.54. The molecule has 2 aliphatic carbocycles. The van der Waals surface area contributed by atoms with Crippen molar-refractivity contribution in [2.45, 2.75) is 160 Å². The number of nitrogens with zero attached hydrogens (tertiary/aromatic N) is 3. The summed E-state index contributed by atoms with van der Waals surface area (Å²) >= 11 is 0. The number of amides is 3. The lowest BCUT2D eigenvalue weighted by Gasteiger charge is -2.26. The predicted molar refractivity (Wildman–Crippen MR) is 197 cm³/mol. The number of phosphoric acid groups is 2. The largest absolute Gasteiger partial charge is 0.472 e. The molecule has 0 aromatic heterocycles. The van der Waals surface area contributed by atoms with Crippen LogP contribution in [-0.4, -0.2) is 129 Å². The summed E-state index contributed by atoms with van der Waals surface area (Å²) in [4.78, 5) is 63.7. The Morgan fingerprint density at radius 3 is 1.54 bits per heavy atom. The smallest absolute Gasteiger partial charge is 0.391 e. The van der Waals surface area contributed by atoms with E-state index in [1.54, 1.807) is 25.7 Å². The number of carbonyl (C=O) groups is 3. The molecule has 54 heavy (non-hydrogen) atoms. The maximum Gasteiger partial charge on any atom is 0.472 e. The topological polar surface area (TPSA) is 202 Å². The van der Waals surface area contributed by atoms with E-state index in [4.69, 9.17) is 22.8 Å². The molecular weight excluding hydrogens is 744 g/mol. The molecule has 18 heteroatoms. The van der Waals surface area contributed by atoms with Gasteiger partial charge in [-0.05, 0) is 50.4 Å². The highest BCUT2D eigenvalue weighted by molar-refractivity contribution is 7.47. The first-order valence-electron chi connectivity index (χ1n) is 20.2. The third-order valence-electron chi connectivity index (χ3n) is 12.0. The van der Waals surface area contributed by atoms with E-state index in [2.05, 4.69) is 0 Å². The summed E-state index contributed by atoms with van der Waals surface area (Å²) in [5, 5.41) is 10.0. The van der Waals surface area contributed by atoms with E-state index < -0.39 is 52.6 Å². The summed E-state index contributed by atoms with van der Waals surface area (Å²) < 4.78 is 54.2. The molecular formula is C36H63N3O13P2. The molecule has 4 unspecified atom stereocenters. The number of β-amino-alcohol motifs (C(OH)–C–C–N with tert-alkyl or cyclic N) is 1. The Balaban J connectivity index is 1.10. The zero-order valence-corrected chi connectivity index (χ0v) is 34.0. The summed E-state index contributed by atoms with van der Waals surface area (Å²) in [5.41, 5.74) is 0. The zero-order chi connectivity index (χ0) is 39.0. The molecule has 0 bridgehead atoms. The fourth-order valence-corrected chi connectivity index (χ4v) is 11.1. The van der Waals surface area contributed by atoms with Crippen molar-refractivity contribution >= 4 is 33.4 Å². The van der Waals surface area contributed by atoms with Crippen molar-refractivity contribution in [1.82, 2.24) is 14.7 Å². The number of ether oxygens (including phenoxy) is 1. The number of aliphatic hydroxyl groups is 1. The van der Waals surface area contributed by atoms with Crippen molar-refractivity contribution in [3.63, 3.8) is 0 Å². The number of phosphoric ester groups is 2. The lowest BCUT2D eigenvalue weighted by atomic mass is 9.85. The van der Waals surface area contributed by atoms with E-state index in [0.717, 1.165) is 31.1 Å². The number of hydrogen-bond donors (Lipinski definition) is 3. The summed E-state index contributed by atoms with van der Waals surface area (Å²) in [7, 11) is -9.32. The Labute approximate surface area is 319 Å². The molecule has 5 fully saturated rings. The molecule has 3 N–H and O–H groups in total. The van der Waals surface area contributed by atoms with E-state index in [1.165, 1.54) is 48.3 Å². The minimum atomic E-state index is -4.66.